The number of hydrogen-bond donors (Lipinski definition) is 0. The Balaban J connectivity index is 2.34. The number of benzene rings is 1. The van der Waals surface area contributed by atoms with Gasteiger partial charge in [0.05, 0.1) is 12.0 Å². The fourth-order valence-corrected chi connectivity index (χ4v) is 2.05. The van der Waals surface area contributed by atoms with Gasteiger partial charge >= 0.3 is 5.69 Å². The minimum Gasteiger partial charge on any atom is -0.496 e. The summed E-state index contributed by atoms with van der Waals surface area (Å²) in [5.41, 5.74) is 0.684. The molecule has 0 saturated heterocycles. The van der Waals surface area contributed by atoms with Crippen molar-refractivity contribution in [2.24, 2.45) is 0 Å². The third kappa shape index (κ3) is 3.38. The van der Waals surface area contributed by atoms with E-state index in [1.165, 1.54) is 0 Å². The van der Waals surface area contributed by atoms with Crippen LogP contribution in [-0.2, 0) is 6.54 Å². The summed E-state index contributed by atoms with van der Waals surface area (Å²) < 4.78 is 5.26. The van der Waals surface area contributed by atoms with E-state index in [1.54, 1.807) is 19.1 Å². The van der Waals surface area contributed by atoms with E-state index in [9.17, 15) is 10.1 Å². The van der Waals surface area contributed by atoms with E-state index in [-0.39, 0.29) is 16.8 Å². The van der Waals surface area contributed by atoms with Gasteiger partial charge in [-0.2, -0.15) is 4.98 Å². The maximum atomic E-state index is 11.0. The number of ether oxygens (including phenoxy) is 1. The van der Waals surface area contributed by atoms with E-state index in [0.717, 1.165) is 11.8 Å². The molecule has 0 amide bonds. The molecular formula is C13H13ClN4O3. The number of para-hydroxylation sites is 1. The third-order valence-electron chi connectivity index (χ3n) is 2.88. The quantitative estimate of drug-likeness (QED) is 0.480. The number of methoxy groups -OCH3 is 1. The number of nitrogens with zero attached hydrogens (tertiary/aromatic N) is 4. The van der Waals surface area contributed by atoms with Crippen LogP contribution in [0.25, 0.3) is 0 Å². The standard InChI is InChI=1S/C13H13ClN4O3/c1-17(8-9-5-3-4-6-11(9)21-2)12-10(18(19)20)7-15-13(14)16-12/h3-7H,8H2,1-2H3. The van der Waals surface area contributed by atoms with Crippen LogP contribution in [0.1, 0.15) is 5.56 Å². The second-order valence-corrected chi connectivity index (χ2v) is 4.61. The molecule has 0 fully saturated rings. The molecule has 7 nitrogen and oxygen atoms in total. The molecule has 0 radical (unpaired) electrons. The van der Waals surface area contributed by atoms with Crippen molar-refractivity contribution in [3.05, 3.63) is 51.4 Å². The Morgan fingerprint density at radius 3 is 2.81 bits per heavy atom. The minimum absolute atomic E-state index is 0.0394. The summed E-state index contributed by atoms with van der Waals surface area (Å²) in [4.78, 5) is 19.7. The fourth-order valence-electron chi connectivity index (χ4n) is 1.92. The normalized spacial score (nSPS) is 10.2. The molecule has 8 heteroatoms. The van der Waals surface area contributed by atoms with Gasteiger partial charge in [-0.3, -0.25) is 10.1 Å². The number of nitro groups is 1. The maximum absolute atomic E-state index is 11.0. The van der Waals surface area contributed by atoms with E-state index < -0.39 is 4.92 Å². The number of hydrogen-bond acceptors (Lipinski definition) is 6. The molecule has 1 aromatic heterocycles. The van der Waals surface area contributed by atoms with Crippen molar-refractivity contribution in [2.45, 2.75) is 6.54 Å². The van der Waals surface area contributed by atoms with E-state index >= 15 is 0 Å². The average molecular weight is 309 g/mol. The molecule has 0 aliphatic heterocycles. The molecule has 0 aliphatic carbocycles. The fraction of sp³-hybridized carbons (Fsp3) is 0.231. The monoisotopic (exact) mass is 308 g/mol. The topological polar surface area (TPSA) is 81.4 Å². The first-order valence-electron chi connectivity index (χ1n) is 6.03. The van der Waals surface area contributed by atoms with Gasteiger partial charge in [-0.1, -0.05) is 18.2 Å². The Hall–Kier alpha value is -2.41. The molecule has 2 rings (SSSR count). The minimum atomic E-state index is -0.537. The second kappa shape index (κ2) is 6.36. The van der Waals surface area contributed by atoms with E-state index in [4.69, 9.17) is 16.3 Å². The molecule has 21 heavy (non-hydrogen) atoms. The first-order chi connectivity index (χ1) is 10.0. The Morgan fingerprint density at radius 1 is 1.43 bits per heavy atom. The molecule has 0 N–H and O–H groups in total. The van der Waals surface area contributed by atoms with Crippen molar-refractivity contribution in [1.29, 1.82) is 0 Å². The van der Waals surface area contributed by atoms with Crippen LogP contribution in [0, 0.1) is 10.1 Å². The molecule has 0 aliphatic rings. The molecule has 0 spiro atoms. The lowest BCUT2D eigenvalue weighted by Gasteiger charge is -2.19. The van der Waals surface area contributed by atoms with Gasteiger partial charge in [0.1, 0.15) is 11.9 Å². The summed E-state index contributed by atoms with van der Waals surface area (Å²) in [6.45, 7) is 0.387. The van der Waals surface area contributed by atoms with Gasteiger partial charge < -0.3 is 9.64 Å². The molecule has 1 heterocycles. The van der Waals surface area contributed by atoms with Gasteiger partial charge in [-0.25, -0.2) is 4.98 Å². The molecule has 0 saturated carbocycles. The summed E-state index contributed by atoms with van der Waals surface area (Å²) in [6, 6.07) is 7.42. The van der Waals surface area contributed by atoms with Crippen molar-refractivity contribution < 1.29 is 9.66 Å². The molecule has 2 aromatic rings. The number of anilines is 1. The highest BCUT2D eigenvalue weighted by atomic mass is 35.5. The number of aromatic nitrogens is 2. The van der Waals surface area contributed by atoms with Gasteiger partial charge in [0.25, 0.3) is 0 Å². The molecule has 0 unspecified atom stereocenters. The van der Waals surface area contributed by atoms with Gasteiger partial charge in [0, 0.05) is 19.2 Å². The zero-order chi connectivity index (χ0) is 15.4. The lowest BCUT2D eigenvalue weighted by atomic mass is 10.2. The largest absolute Gasteiger partial charge is 0.496 e. The average Bonchev–Trinajstić information content (AvgIpc) is 2.47. The van der Waals surface area contributed by atoms with Crippen LogP contribution in [0.5, 0.6) is 5.75 Å². The van der Waals surface area contributed by atoms with Crippen molar-refractivity contribution in [2.75, 3.05) is 19.1 Å². The van der Waals surface area contributed by atoms with Gasteiger partial charge in [0.15, 0.2) is 0 Å². The highest BCUT2D eigenvalue weighted by Gasteiger charge is 2.21. The second-order valence-electron chi connectivity index (χ2n) is 4.27. The zero-order valence-electron chi connectivity index (χ0n) is 11.5. The third-order valence-corrected chi connectivity index (χ3v) is 3.06. The summed E-state index contributed by atoms with van der Waals surface area (Å²) in [6.07, 6.45) is 1.10. The van der Waals surface area contributed by atoms with E-state index in [0.29, 0.717) is 12.3 Å². The lowest BCUT2D eigenvalue weighted by Crippen LogP contribution is -2.20. The van der Waals surface area contributed by atoms with Crippen LogP contribution in [0.3, 0.4) is 0 Å². The molecular weight excluding hydrogens is 296 g/mol. The Labute approximate surface area is 126 Å². The summed E-state index contributed by atoms with van der Waals surface area (Å²) in [5.74, 6) is 0.859. The molecule has 110 valence electrons. The molecule has 0 bridgehead atoms. The van der Waals surface area contributed by atoms with Crippen LogP contribution in [0.4, 0.5) is 11.5 Å². The van der Waals surface area contributed by atoms with Crippen LogP contribution < -0.4 is 9.64 Å². The van der Waals surface area contributed by atoms with Crippen LogP contribution in [0.15, 0.2) is 30.5 Å². The predicted octanol–water partition coefficient (Wildman–Crippen LogP) is 2.68. The van der Waals surface area contributed by atoms with Crippen LogP contribution in [0.2, 0.25) is 5.28 Å². The van der Waals surface area contributed by atoms with Gasteiger partial charge in [0.2, 0.25) is 11.1 Å². The smallest absolute Gasteiger partial charge is 0.329 e. The lowest BCUT2D eigenvalue weighted by molar-refractivity contribution is -0.384. The van der Waals surface area contributed by atoms with Crippen LogP contribution >= 0.6 is 11.6 Å². The summed E-state index contributed by atoms with van der Waals surface area (Å²) in [7, 11) is 3.26. The SMILES string of the molecule is COc1ccccc1CN(C)c1nc(Cl)ncc1[N+](=O)[O-]. The molecule has 1 aromatic carbocycles. The highest BCUT2D eigenvalue weighted by molar-refractivity contribution is 6.28. The van der Waals surface area contributed by atoms with Crippen molar-refractivity contribution in [3.8, 4) is 5.75 Å². The van der Waals surface area contributed by atoms with Crippen molar-refractivity contribution >= 4 is 23.1 Å². The van der Waals surface area contributed by atoms with Crippen molar-refractivity contribution in [3.63, 3.8) is 0 Å². The van der Waals surface area contributed by atoms with E-state index in [2.05, 4.69) is 9.97 Å². The Kier molecular flexibility index (Phi) is 4.54. The predicted molar refractivity (Wildman–Crippen MR) is 78.8 cm³/mol. The molecule has 0 atom stereocenters. The Bertz CT molecular complexity index is 666. The number of halogens is 1. The van der Waals surface area contributed by atoms with Gasteiger partial charge in [-0.15, -0.1) is 0 Å². The van der Waals surface area contributed by atoms with Crippen molar-refractivity contribution in [1.82, 2.24) is 9.97 Å². The number of rotatable bonds is 5. The Morgan fingerprint density at radius 2 is 2.14 bits per heavy atom. The first-order valence-corrected chi connectivity index (χ1v) is 6.40. The first kappa shape index (κ1) is 15.0. The van der Waals surface area contributed by atoms with E-state index in [1.807, 2.05) is 24.3 Å². The van der Waals surface area contributed by atoms with Gasteiger partial charge in [-0.05, 0) is 17.7 Å². The highest BCUT2D eigenvalue weighted by Crippen LogP contribution is 2.28. The zero-order valence-corrected chi connectivity index (χ0v) is 12.2. The van der Waals surface area contributed by atoms with Crippen LogP contribution in [-0.4, -0.2) is 29.0 Å². The maximum Gasteiger partial charge on any atom is 0.329 e. The summed E-state index contributed by atoms with van der Waals surface area (Å²) >= 11 is 5.73. The summed E-state index contributed by atoms with van der Waals surface area (Å²) in [5, 5.41) is 11.0.